The normalized spacial score (nSPS) is 47.2. The molecule has 1 saturated heterocycles. The van der Waals surface area contributed by atoms with E-state index in [1.165, 1.54) is 7.11 Å². The zero-order valence-electron chi connectivity index (χ0n) is 27.5. The van der Waals surface area contributed by atoms with E-state index in [1.54, 1.807) is 38.3 Å². The second kappa shape index (κ2) is 15.0. The van der Waals surface area contributed by atoms with Crippen LogP contribution in [-0.2, 0) is 28.5 Å². The molecule has 0 unspecified atom stereocenters. The molecule has 4 rings (SSSR count). The Morgan fingerprint density at radius 3 is 2.44 bits per heavy atom. The molecule has 0 radical (unpaired) electrons. The van der Waals surface area contributed by atoms with Crippen LogP contribution in [-0.4, -0.2) is 95.0 Å². The van der Waals surface area contributed by atoms with E-state index in [9.17, 15) is 20.1 Å². The second-order valence-corrected chi connectivity index (χ2v) is 14.3. The van der Waals surface area contributed by atoms with Gasteiger partial charge in [-0.05, 0) is 44.8 Å². The van der Waals surface area contributed by atoms with Crippen molar-refractivity contribution in [3.8, 4) is 11.8 Å². The number of aliphatic hydroxyl groups is 3. The zero-order chi connectivity index (χ0) is 33.1. The van der Waals surface area contributed by atoms with E-state index >= 15 is 0 Å². The number of hydrogen-bond acceptors (Lipinski definition) is 9. The van der Waals surface area contributed by atoms with Gasteiger partial charge in [0.15, 0.2) is 5.79 Å². The smallest absolute Gasteiger partial charge is 0.311 e. The number of esters is 1. The lowest BCUT2D eigenvalue weighted by atomic mass is 9.73. The van der Waals surface area contributed by atoms with Gasteiger partial charge in [-0.25, -0.2) is 0 Å². The van der Waals surface area contributed by atoms with Gasteiger partial charge in [0.25, 0.3) is 0 Å². The van der Waals surface area contributed by atoms with Crippen molar-refractivity contribution in [3.05, 3.63) is 36.0 Å². The van der Waals surface area contributed by atoms with Crippen LogP contribution in [0.15, 0.2) is 36.0 Å². The molecule has 2 aliphatic carbocycles. The Morgan fingerprint density at radius 1 is 1.09 bits per heavy atom. The van der Waals surface area contributed by atoms with E-state index in [0.717, 1.165) is 12.0 Å². The highest BCUT2D eigenvalue weighted by atomic mass is 35.5. The Balaban J connectivity index is 1.58. The number of ether oxygens (including phenoxy) is 5. The summed E-state index contributed by atoms with van der Waals surface area (Å²) >= 11 is 6.00. The number of halogens is 1. The molecule has 45 heavy (non-hydrogen) atoms. The van der Waals surface area contributed by atoms with Gasteiger partial charge in [-0.1, -0.05) is 56.4 Å². The SMILES string of the molecule is CO[C@@H]1[C@H](O[C@H]2C[C@@]3(O)CC(=O)O[C@@H](/C=C/C=C/C#C[C@H]4C[C@@H]4Cl)C/C(C)=C/[C@@H](OC)[C@@H](C)[C@H](O3)[C@@H]2C)C[C@H](C)[C@@H](O)[C@]1(C)O. The molecule has 2 aliphatic heterocycles. The van der Waals surface area contributed by atoms with E-state index < -0.39 is 54.0 Å². The molecular formula is C35H51ClO9. The predicted molar refractivity (Wildman–Crippen MR) is 170 cm³/mol. The lowest BCUT2D eigenvalue weighted by Gasteiger charge is -2.51. The number of alkyl halides is 1. The third-order valence-corrected chi connectivity index (χ3v) is 10.3. The van der Waals surface area contributed by atoms with Crippen molar-refractivity contribution in [3.63, 3.8) is 0 Å². The van der Waals surface area contributed by atoms with Gasteiger partial charge < -0.3 is 39.0 Å². The van der Waals surface area contributed by atoms with Gasteiger partial charge in [-0.3, -0.25) is 4.79 Å². The molecule has 252 valence electrons. The van der Waals surface area contributed by atoms with E-state index in [4.69, 9.17) is 35.3 Å². The second-order valence-electron chi connectivity index (χ2n) is 13.7. The summed E-state index contributed by atoms with van der Waals surface area (Å²) in [6.07, 6.45) is 6.24. The predicted octanol–water partition coefficient (Wildman–Crippen LogP) is 4.07. The minimum absolute atomic E-state index is 0.0110. The minimum Gasteiger partial charge on any atom is -0.458 e. The van der Waals surface area contributed by atoms with Gasteiger partial charge >= 0.3 is 5.97 Å². The summed E-state index contributed by atoms with van der Waals surface area (Å²) in [6.45, 7) is 9.39. The fourth-order valence-corrected chi connectivity index (χ4v) is 7.36. The number of allylic oxidation sites excluding steroid dienone is 3. The van der Waals surface area contributed by atoms with E-state index in [2.05, 4.69) is 11.8 Å². The molecule has 0 amide bonds. The monoisotopic (exact) mass is 650 g/mol. The molecule has 3 N–H and O–H groups in total. The van der Waals surface area contributed by atoms with Crippen molar-refractivity contribution in [2.75, 3.05) is 14.2 Å². The van der Waals surface area contributed by atoms with Crippen LogP contribution < -0.4 is 0 Å². The first kappa shape index (κ1) is 36.1. The van der Waals surface area contributed by atoms with E-state index in [1.807, 2.05) is 33.8 Å². The number of fused-ring (bicyclic) bond motifs is 2. The maximum atomic E-state index is 13.3. The molecule has 0 aromatic rings. The first-order valence-corrected chi connectivity index (χ1v) is 16.5. The topological polar surface area (TPSA) is 124 Å². The highest BCUT2D eigenvalue weighted by molar-refractivity contribution is 6.22. The maximum Gasteiger partial charge on any atom is 0.311 e. The largest absolute Gasteiger partial charge is 0.458 e. The quantitative estimate of drug-likeness (QED) is 0.128. The van der Waals surface area contributed by atoms with Gasteiger partial charge in [0.1, 0.15) is 17.8 Å². The van der Waals surface area contributed by atoms with Crippen LogP contribution in [0.1, 0.15) is 66.7 Å². The fourth-order valence-electron chi connectivity index (χ4n) is 7.11. The van der Waals surface area contributed by atoms with Crippen molar-refractivity contribution >= 4 is 17.6 Å². The summed E-state index contributed by atoms with van der Waals surface area (Å²) in [6, 6.07) is 0. The number of methoxy groups -OCH3 is 2. The first-order chi connectivity index (χ1) is 21.2. The minimum atomic E-state index is -1.86. The number of carbonyl (C=O) groups excluding carboxylic acids is 1. The summed E-state index contributed by atoms with van der Waals surface area (Å²) in [5.74, 6) is 3.22. The van der Waals surface area contributed by atoms with Crippen molar-refractivity contribution in [2.24, 2.45) is 23.7 Å². The Morgan fingerprint density at radius 2 is 1.80 bits per heavy atom. The van der Waals surface area contributed by atoms with Crippen LogP contribution in [0.25, 0.3) is 0 Å². The summed E-state index contributed by atoms with van der Waals surface area (Å²) in [5, 5.41) is 33.8. The van der Waals surface area contributed by atoms with Crippen LogP contribution in [0.3, 0.4) is 0 Å². The molecule has 14 atom stereocenters. The van der Waals surface area contributed by atoms with Crippen LogP contribution in [0, 0.1) is 35.5 Å². The van der Waals surface area contributed by atoms with Crippen molar-refractivity contribution < 1.29 is 43.8 Å². The number of carbonyl (C=O) groups is 1. The third kappa shape index (κ3) is 8.79. The van der Waals surface area contributed by atoms with Gasteiger partial charge in [0.05, 0.1) is 36.9 Å². The molecule has 4 aliphatic rings. The summed E-state index contributed by atoms with van der Waals surface area (Å²) in [5.41, 5.74) is -0.554. The maximum absolute atomic E-state index is 13.3. The molecule has 9 nitrogen and oxygen atoms in total. The highest BCUT2D eigenvalue weighted by Gasteiger charge is 2.54. The van der Waals surface area contributed by atoms with Crippen LogP contribution >= 0.6 is 11.6 Å². The lowest BCUT2D eigenvalue weighted by molar-refractivity contribution is -0.319. The molecule has 2 saturated carbocycles. The Bertz CT molecular complexity index is 1190. The standard InChI is InChI=1S/C35H51ClO9/c1-20-14-25(13-11-9-8-10-12-24-17-26(24)36)43-30(37)19-35(40)18-29(23(4)31(45-35)22(3)27(15-20)41-6)44-28-16-21(2)32(38)34(5,39)33(28)42-7/h8-9,11,13,15,21-29,31-33,38-40H,14,16-19H2,1-7H3/b9-8+,13-11+,20-15+/t21-,22+,23+,24-,25-,26-,27+,28+,29-,31-,32+,33+,34-,35-/m0/s1. The molecule has 0 aromatic heterocycles. The number of cyclic esters (lactones) is 1. The average Bonchev–Trinajstić information content (AvgIpc) is 3.67. The summed E-state index contributed by atoms with van der Waals surface area (Å²) in [4.78, 5) is 13.3. The van der Waals surface area contributed by atoms with Crippen LogP contribution in [0.5, 0.6) is 0 Å². The highest BCUT2D eigenvalue weighted by Crippen LogP contribution is 2.43. The Labute approximate surface area is 272 Å². The van der Waals surface area contributed by atoms with Crippen LogP contribution in [0.4, 0.5) is 0 Å². The molecule has 3 fully saturated rings. The lowest BCUT2D eigenvalue weighted by Crippen LogP contribution is -2.64. The van der Waals surface area contributed by atoms with Crippen molar-refractivity contribution in [1.82, 2.24) is 0 Å². The molecular weight excluding hydrogens is 600 g/mol. The Kier molecular flexibility index (Phi) is 12.0. The number of aliphatic hydroxyl groups excluding tert-OH is 1. The fraction of sp³-hybridized carbons (Fsp3) is 0.743. The third-order valence-electron chi connectivity index (χ3n) is 9.82. The van der Waals surface area contributed by atoms with Gasteiger partial charge in [-0.15, -0.1) is 11.6 Å². The van der Waals surface area contributed by atoms with Gasteiger partial charge in [0, 0.05) is 50.2 Å². The van der Waals surface area contributed by atoms with Crippen LogP contribution in [0.2, 0.25) is 0 Å². The first-order valence-electron chi connectivity index (χ1n) is 16.1. The zero-order valence-corrected chi connectivity index (χ0v) is 28.3. The van der Waals surface area contributed by atoms with Crippen molar-refractivity contribution in [2.45, 2.75) is 126 Å². The van der Waals surface area contributed by atoms with E-state index in [0.29, 0.717) is 12.8 Å². The molecule has 0 aromatic carbocycles. The van der Waals surface area contributed by atoms with E-state index in [-0.39, 0.29) is 48.0 Å². The molecule has 10 heteroatoms. The Hall–Kier alpha value is -1.74. The van der Waals surface area contributed by atoms with Crippen molar-refractivity contribution in [1.29, 1.82) is 0 Å². The van der Waals surface area contributed by atoms with Gasteiger partial charge in [0.2, 0.25) is 0 Å². The molecule has 2 bridgehead atoms. The van der Waals surface area contributed by atoms with Gasteiger partial charge in [-0.2, -0.15) is 0 Å². The molecule has 0 spiro atoms. The number of rotatable bonds is 6. The summed E-state index contributed by atoms with van der Waals surface area (Å²) < 4.78 is 30.4. The molecule has 2 heterocycles. The number of hydrogen-bond donors (Lipinski definition) is 3. The summed E-state index contributed by atoms with van der Waals surface area (Å²) in [7, 11) is 3.12. The average molecular weight is 651 g/mol.